The molecule has 1 fully saturated rings. The monoisotopic (exact) mass is 253 g/mol. The summed E-state index contributed by atoms with van der Waals surface area (Å²) in [6.45, 7) is 4.21. The summed E-state index contributed by atoms with van der Waals surface area (Å²) in [5.41, 5.74) is 2.02. The van der Waals surface area contributed by atoms with Crippen LogP contribution in [0.1, 0.15) is 5.56 Å². The maximum absolute atomic E-state index is 10.6. The molecule has 1 unspecified atom stereocenters. The highest BCUT2D eigenvalue weighted by molar-refractivity contribution is 7.78. The van der Waals surface area contributed by atoms with Gasteiger partial charge in [0.1, 0.15) is 0 Å². The lowest BCUT2D eigenvalue weighted by molar-refractivity contribution is 0.313. The topological polar surface area (TPSA) is 46.6 Å². The van der Waals surface area contributed by atoms with Crippen LogP contribution in [0.5, 0.6) is 0 Å². The number of rotatable bonds is 3. The lowest BCUT2D eigenvalue weighted by atomic mass is 10.2. The minimum Gasteiger partial charge on any atom is -0.772 e. The zero-order chi connectivity index (χ0) is 12.3. The highest BCUT2D eigenvalue weighted by Crippen LogP contribution is 2.17. The molecule has 0 aromatic heterocycles. The Kier molecular flexibility index (Phi) is 4.15. The summed E-state index contributed by atoms with van der Waals surface area (Å²) in [6.07, 6.45) is 0. The molecule has 1 aromatic rings. The molecule has 0 bridgehead atoms. The Morgan fingerprint density at radius 1 is 1.18 bits per heavy atom. The van der Waals surface area contributed by atoms with Crippen molar-refractivity contribution >= 4 is 16.8 Å². The van der Waals surface area contributed by atoms with E-state index in [1.807, 2.05) is 24.3 Å². The van der Waals surface area contributed by atoms with E-state index in [0.717, 1.165) is 31.7 Å². The molecule has 17 heavy (non-hydrogen) atoms. The summed E-state index contributed by atoms with van der Waals surface area (Å²) in [4.78, 5) is 4.64. The molecule has 1 saturated heterocycles. The molecule has 0 amide bonds. The molecule has 5 heteroatoms. The van der Waals surface area contributed by atoms with Gasteiger partial charge in [0.25, 0.3) is 0 Å². The van der Waals surface area contributed by atoms with Crippen LogP contribution >= 0.6 is 0 Å². The number of benzene rings is 1. The van der Waals surface area contributed by atoms with E-state index in [0.29, 0.717) is 0 Å². The lowest BCUT2D eigenvalue weighted by Crippen LogP contribution is -2.44. The van der Waals surface area contributed by atoms with Gasteiger partial charge < -0.3 is 14.4 Å². The van der Waals surface area contributed by atoms with Gasteiger partial charge in [0.05, 0.1) is 0 Å². The van der Waals surface area contributed by atoms with E-state index < -0.39 is 11.1 Å². The van der Waals surface area contributed by atoms with Crippen LogP contribution in [0.2, 0.25) is 0 Å². The molecular weight excluding hydrogens is 236 g/mol. The van der Waals surface area contributed by atoms with Crippen molar-refractivity contribution in [1.82, 2.24) is 4.90 Å². The first-order valence-electron chi connectivity index (χ1n) is 5.73. The Morgan fingerprint density at radius 2 is 1.76 bits per heavy atom. The van der Waals surface area contributed by atoms with Gasteiger partial charge in [0.2, 0.25) is 0 Å². The zero-order valence-corrected chi connectivity index (χ0v) is 10.8. The molecule has 0 radical (unpaired) electrons. The quantitative estimate of drug-likeness (QED) is 0.748. The molecule has 0 spiro atoms. The van der Waals surface area contributed by atoms with E-state index in [2.05, 4.69) is 16.8 Å². The number of hydrogen-bond acceptors (Lipinski definition) is 4. The standard InChI is InChI=1S/C12H18N2O2S/c1-13-6-8-14(9-7-13)12-4-2-11(3-5-12)10-17(15)16/h2-5H,6-10H2,1H3,(H,15,16)/p-1. The SMILES string of the molecule is CN1CCN(c2ccc(CS(=O)[O-])cc2)CC1. The van der Waals surface area contributed by atoms with Gasteiger partial charge in [-0.25, -0.2) is 0 Å². The third kappa shape index (κ3) is 3.52. The molecule has 94 valence electrons. The summed E-state index contributed by atoms with van der Waals surface area (Å²) in [7, 11) is 2.13. The van der Waals surface area contributed by atoms with Crippen LogP contribution in [0.3, 0.4) is 0 Å². The molecule has 4 nitrogen and oxygen atoms in total. The van der Waals surface area contributed by atoms with Gasteiger partial charge in [-0.2, -0.15) is 0 Å². The van der Waals surface area contributed by atoms with Crippen LogP contribution in [0, 0.1) is 0 Å². The molecule has 1 aliphatic rings. The largest absolute Gasteiger partial charge is 0.772 e. The van der Waals surface area contributed by atoms with E-state index in [4.69, 9.17) is 0 Å². The smallest absolute Gasteiger partial charge is 0.0367 e. The van der Waals surface area contributed by atoms with Crippen molar-refractivity contribution < 1.29 is 8.76 Å². The van der Waals surface area contributed by atoms with E-state index in [1.165, 1.54) is 5.69 Å². The molecule has 1 atom stereocenters. The first-order chi connectivity index (χ1) is 8.15. The van der Waals surface area contributed by atoms with Gasteiger partial charge in [0, 0.05) is 37.6 Å². The molecule has 1 heterocycles. The van der Waals surface area contributed by atoms with E-state index >= 15 is 0 Å². The van der Waals surface area contributed by atoms with E-state index in [-0.39, 0.29) is 5.75 Å². The van der Waals surface area contributed by atoms with Crippen molar-refractivity contribution in [2.75, 3.05) is 38.1 Å². The summed E-state index contributed by atoms with van der Waals surface area (Å²) in [6, 6.07) is 7.80. The van der Waals surface area contributed by atoms with Gasteiger partial charge in [0.15, 0.2) is 0 Å². The zero-order valence-electron chi connectivity index (χ0n) is 9.96. The minimum atomic E-state index is -2.00. The second-order valence-electron chi connectivity index (χ2n) is 4.40. The summed E-state index contributed by atoms with van der Waals surface area (Å²) in [5, 5.41) is 0. The van der Waals surface area contributed by atoms with Crippen molar-refractivity contribution in [2.45, 2.75) is 5.75 Å². The molecule has 2 rings (SSSR count). The Hall–Kier alpha value is -0.910. The summed E-state index contributed by atoms with van der Waals surface area (Å²) >= 11 is -2.00. The average molecular weight is 253 g/mol. The number of hydrogen-bond donors (Lipinski definition) is 0. The molecule has 0 aliphatic carbocycles. The average Bonchev–Trinajstić information content (AvgIpc) is 2.30. The van der Waals surface area contributed by atoms with Gasteiger partial charge in [-0.15, -0.1) is 0 Å². The molecule has 0 N–H and O–H groups in total. The van der Waals surface area contributed by atoms with E-state index in [1.54, 1.807) is 0 Å². The number of piperazine rings is 1. The minimum absolute atomic E-state index is 0.100. The van der Waals surface area contributed by atoms with Crippen LogP contribution in [-0.2, 0) is 16.8 Å². The van der Waals surface area contributed by atoms with Crippen molar-refractivity contribution in [1.29, 1.82) is 0 Å². The van der Waals surface area contributed by atoms with Crippen LogP contribution < -0.4 is 4.90 Å². The van der Waals surface area contributed by atoms with Crippen molar-refractivity contribution in [3.05, 3.63) is 29.8 Å². The second kappa shape index (κ2) is 5.62. The van der Waals surface area contributed by atoms with Crippen LogP contribution in [-0.4, -0.2) is 46.9 Å². The molecule has 0 saturated carbocycles. The van der Waals surface area contributed by atoms with Crippen LogP contribution in [0.15, 0.2) is 24.3 Å². The van der Waals surface area contributed by atoms with Gasteiger partial charge in [-0.1, -0.05) is 23.2 Å². The maximum atomic E-state index is 10.6. The number of likely N-dealkylation sites (N-methyl/N-ethyl adjacent to an activating group) is 1. The summed E-state index contributed by atoms with van der Waals surface area (Å²) in [5.74, 6) is 0.100. The Balaban J connectivity index is 2.00. The number of anilines is 1. The summed E-state index contributed by atoms with van der Waals surface area (Å²) < 4.78 is 21.2. The molecule has 1 aromatic carbocycles. The molecular formula is C12H17N2O2S-. The highest BCUT2D eigenvalue weighted by Gasteiger charge is 2.13. The second-order valence-corrected chi connectivity index (χ2v) is 5.30. The Labute approximate surface area is 105 Å². The molecule has 1 aliphatic heterocycles. The van der Waals surface area contributed by atoms with Crippen molar-refractivity contribution in [2.24, 2.45) is 0 Å². The highest BCUT2D eigenvalue weighted by atomic mass is 32.2. The normalized spacial score (nSPS) is 19.3. The van der Waals surface area contributed by atoms with Gasteiger partial charge in [-0.05, 0) is 24.7 Å². The van der Waals surface area contributed by atoms with Gasteiger partial charge in [-0.3, -0.25) is 4.21 Å². The first kappa shape index (κ1) is 12.5. The van der Waals surface area contributed by atoms with Crippen LogP contribution in [0.25, 0.3) is 0 Å². The first-order valence-corrected chi connectivity index (χ1v) is 6.98. The lowest BCUT2D eigenvalue weighted by Gasteiger charge is -2.34. The maximum Gasteiger partial charge on any atom is 0.0367 e. The van der Waals surface area contributed by atoms with Crippen molar-refractivity contribution in [3.8, 4) is 0 Å². The van der Waals surface area contributed by atoms with Gasteiger partial charge >= 0.3 is 0 Å². The van der Waals surface area contributed by atoms with Crippen LogP contribution in [0.4, 0.5) is 5.69 Å². The van der Waals surface area contributed by atoms with E-state index in [9.17, 15) is 8.76 Å². The third-order valence-corrected chi connectivity index (χ3v) is 3.66. The van der Waals surface area contributed by atoms with Crippen molar-refractivity contribution in [3.63, 3.8) is 0 Å². The predicted molar refractivity (Wildman–Crippen MR) is 68.8 cm³/mol. The Bertz CT molecular complexity index is 386. The Morgan fingerprint density at radius 3 is 2.29 bits per heavy atom. The number of nitrogens with zero attached hydrogens (tertiary/aromatic N) is 2. The third-order valence-electron chi connectivity index (χ3n) is 3.09. The fourth-order valence-electron chi connectivity index (χ4n) is 2.00. The fourth-order valence-corrected chi connectivity index (χ4v) is 2.47. The fraction of sp³-hybridized carbons (Fsp3) is 0.500. The predicted octanol–water partition coefficient (Wildman–Crippen LogP) is 0.818.